The van der Waals surface area contributed by atoms with Crippen LogP contribution < -0.4 is 5.32 Å². The fraction of sp³-hybridized carbons (Fsp3) is 0.583. The summed E-state index contributed by atoms with van der Waals surface area (Å²) in [5.74, 6) is -0.000752. The van der Waals surface area contributed by atoms with Crippen molar-refractivity contribution >= 4 is 39.8 Å². The molecule has 0 bridgehead atoms. The lowest BCUT2D eigenvalue weighted by Gasteiger charge is -2.11. The number of nitrogens with one attached hydrogen (secondary N) is 1. The first kappa shape index (κ1) is 13.3. The molecule has 1 aliphatic carbocycles. The van der Waals surface area contributed by atoms with Gasteiger partial charge in [0.15, 0.2) is 0 Å². The Morgan fingerprint density at radius 1 is 1.53 bits per heavy atom. The molecule has 1 fully saturated rings. The largest absolute Gasteiger partial charge is 0.376 e. The van der Waals surface area contributed by atoms with Crippen LogP contribution in [0.2, 0.25) is 0 Å². The second-order valence-corrected chi connectivity index (χ2v) is 6.98. The SMILES string of the molecule is O=C(NCCOC1CCCC1)c1csc(I)c1. The average Bonchev–Trinajstić information content (AvgIpc) is 2.95. The van der Waals surface area contributed by atoms with E-state index in [-0.39, 0.29) is 5.91 Å². The molecule has 5 heteroatoms. The van der Waals surface area contributed by atoms with Crippen molar-refractivity contribution in [2.24, 2.45) is 0 Å². The maximum atomic E-state index is 11.7. The van der Waals surface area contributed by atoms with E-state index in [4.69, 9.17) is 4.74 Å². The summed E-state index contributed by atoms with van der Waals surface area (Å²) in [6.45, 7) is 1.22. The van der Waals surface area contributed by atoms with Crippen LogP contribution in [0.15, 0.2) is 11.4 Å². The Balaban J connectivity index is 1.63. The van der Waals surface area contributed by atoms with Crippen LogP contribution in [0.3, 0.4) is 0 Å². The molecule has 0 aliphatic heterocycles. The number of rotatable bonds is 5. The van der Waals surface area contributed by atoms with Crippen LogP contribution in [0.25, 0.3) is 0 Å². The Morgan fingerprint density at radius 3 is 2.94 bits per heavy atom. The first-order chi connectivity index (χ1) is 8.25. The third kappa shape index (κ3) is 4.22. The van der Waals surface area contributed by atoms with Crippen LogP contribution in [-0.4, -0.2) is 25.2 Å². The van der Waals surface area contributed by atoms with E-state index in [0.29, 0.717) is 19.3 Å². The fourth-order valence-corrected chi connectivity index (χ4v) is 3.30. The minimum absolute atomic E-state index is 0.000752. The average molecular weight is 365 g/mol. The number of hydrogen-bond acceptors (Lipinski definition) is 3. The molecule has 1 heterocycles. The second-order valence-electron chi connectivity index (χ2n) is 4.17. The zero-order valence-electron chi connectivity index (χ0n) is 9.58. The van der Waals surface area contributed by atoms with E-state index in [0.717, 1.165) is 8.45 Å². The quantitative estimate of drug-likeness (QED) is 0.644. The lowest BCUT2D eigenvalue weighted by molar-refractivity contribution is 0.0582. The molecular weight excluding hydrogens is 349 g/mol. The van der Waals surface area contributed by atoms with Crippen LogP contribution in [0.5, 0.6) is 0 Å². The minimum Gasteiger partial charge on any atom is -0.376 e. The molecule has 1 aliphatic rings. The van der Waals surface area contributed by atoms with Crippen molar-refractivity contribution in [3.05, 3.63) is 19.9 Å². The fourth-order valence-electron chi connectivity index (χ4n) is 1.98. The molecule has 2 rings (SSSR count). The molecule has 0 unspecified atom stereocenters. The van der Waals surface area contributed by atoms with E-state index in [1.54, 1.807) is 11.3 Å². The van der Waals surface area contributed by atoms with Crippen LogP contribution >= 0.6 is 33.9 Å². The van der Waals surface area contributed by atoms with E-state index < -0.39 is 0 Å². The highest BCUT2D eigenvalue weighted by atomic mass is 127. The molecule has 0 saturated heterocycles. The summed E-state index contributed by atoms with van der Waals surface area (Å²) in [4.78, 5) is 11.7. The van der Waals surface area contributed by atoms with E-state index in [1.165, 1.54) is 25.7 Å². The van der Waals surface area contributed by atoms with Gasteiger partial charge in [-0.2, -0.15) is 0 Å². The molecular formula is C12H16INO2S. The van der Waals surface area contributed by atoms with Crippen LogP contribution in [0.1, 0.15) is 36.0 Å². The van der Waals surface area contributed by atoms with E-state index in [1.807, 2.05) is 11.4 Å². The summed E-state index contributed by atoms with van der Waals surface area (Å²) in [5.41, 5.74) is 0.750. The molecule has 1 N–H and O–H groups in total. The van der Waals surface area contributed by atoms with Crippen molar-refractivity contribution in [3.8, 4) is 0 Å². The number of carbonyl (C=O) groups excluding carboxylic acids is 1. The second kappa shape index (κ2) is 6.70. The van der Waals surface area contributed by atoms with Crippen LogP contribution in [-0.2, 0) is 4.74 Å². The molecule has 17 heavy (non-hydrogen) atoms. The van der Waals surface area contributed by atoms with Crippen molar-refractivity contribution in [1.82, 2.24) is 5.32 Å². The normalized spacial score (nSPS) is 16.3. The van der Waals surface area contributed by atoms with Crippen LogP contribution in [0.4, 0.5) is 0 Å². The first-order valence-corrected chi connectivity index (χ1v) is 7.85. The Morgan fingerprint density at radius 2 is 2.29 bits per heavy atom. The highest BCUT2D eigenvalue weighted by Gasteiger charge is 2.15. The minimum atomic E-state index is -0.000752. The standard InChI is InChI=1S/C12H16INO2S/c13-11-7-9(8-17-11)12(15)14-5-6-16-10-3-1-2-4-10/h7-8,10H,1-6H2,(H,14,15). The molecule has 0 atom stereocenters. The molecule has 3 nitrogen and oxygen atoms in total. The van der Waals surface area contributed by atoms with Gasteiger partial charge in [0.2, 0.25) is 0 Å². The smallest absolute Gasteiger partial charge is 0.252 e. The van der Waals surface area contributed by atoms with Gasteiger partial charge in [0.05, 0.1) is 21.2 Å². The van der Waals surface area contributed by atoms with E-state index in [2.05, 4.69) is 27.9 Å². The summed E-state index contributed by atoms with van der Waals surface area (Å²) in [6, 6.07) is 1.90. The van der Waals surface area contributed by atoms with Crippen molar-refractivity contribution in [2.75, 3.05) is 13.2 Å². The number of ether oxygens (including phenoxy) is 1. The van der Waals surface area contributed by atoms with Gasteiger partial charge < -0.3 is 10.1 Å². The number of halogens is 1. The lowest BCUT2D eigenvalue weighted by Crippen LogP contribution is -2.28. The maximum absolute atomic E-state index is 11.7. The van der Waals surface area contributed by atoms with Crippen LogP contribution in [0, 0.1) is 2.88 Å². The zero-order chi connectivity index (χ0) is 12.1. The molecule has 94 valence electrons. The highest BCUT2D eigenvalue weighted by Crippen LogP contribution is 2.20. The summed E-state index contributed by atoms with van der Waals surface area (Å²) < 4.78 is 6.82. The lowest BCUT2D eigenvalue weighted by atomic mass is 10.3. The molecule has 1 saturated carbocycles. The first-order valence-electron chi connectivity index (χ1n) is 5.89. The van der Waals surface area contributed by atoms with Gasteiger partial charge >= 0.3 is 0 Å². The van der Waals surface area contributed by atoms with Gasteiger partial charge in [0, 0.05) is 11.9 Å². The number of amides is 1. The molecule has 0 aromatic carbocycles. The molecule has 1 aromatic heterocycles. The summed E-state index contributed by atoms with van der Waals surface area (Å²) in [6.07, 6.45) is 5.34. The molecule has 0 spiro atoms. The summed E-state index contributed by atoms with van der Waals surface area (Å²) in [7, 11) is 0. The van der Waals surface area contributed by atoms with Gasteiger partial charge in [-0.15, -0.1) is 11.3 Å². The number of hydrogen-bond donors (Lipinski definition) is 1. The van der Waals surface area contributed by atoms with E-state index >= 15 is 0 Å². The van der Waals surface area contributed by atoms with Crippen molar-refractivity contribution in [2.45, 2.75) is 31.8 Å². The molecule has 1 aromatic rings. The highest BCUT2D eigenvalue weighted by molar-refractivity contribution is 14.1. The Kier molecular flexibility index (Phi) is 5.24. The number of thiophene rings is 1. The van der Waals surface area contributed by atoms with Gasteiger partial charge in [0.1, 0.15) is 0 Å². The van der Waals surface area contributed by atoms with E-state index in [9.17, 15) is 4.79 Å². The van der Waals surface area contributed by atoms with Gasteiger partial charge in [0.25, 0.3) is 5.91 Å². The number of carbonyl (C=O) groups is 1. The van der Waals surface area contributed by atoms with Gasteiger partial charge in [-0.1, -0.05) is 12.8 Å². The summed E-state index contributed by atoms with van der Waals surface area (Å²) in [5, 5.41) is 4.76. The molecule has 1 amide bonds. The van der Waals surface area contributed by atoms with Gasteiger partial charge in [-0.05, 0) is 41.5 Å². The van der Waals surface area contributed by atoms with Gasteiger partial charge in [-0.25, -0.2) is 0 Å². The van der Waals surface area contributed by atoms with Crippen molar-refractivity contribution in [3.63, 3.8) is 0 Å². The van der Waals surface area contributed by atoms with Gasteiger partial charge in [-0.3, -0.25) is 4.79 Å². The summed E-state index contributed by atoms with van der Waals surface area (Å²) >= 11 is 3.81. The molecule has 0 radical (unpaired) electrons. The Labute approximate surface area is 119 Å². The third-order valence-electron chi connectivity index (χ3n) is 2.87. The topological polar surface area (TPSA) is 38.3 Å². The third-order valence-corrected chi connectivity index (χ3v) is 4.66. The Bertz CT molecular complexity index is 374. The maximum Gasteiger partial charge on any atom is 0.252 e. The monoisotopic (exact) mass is 365 g/mol. The predicted molar refractivity (Wildman–Crippen MR) is 77.6 cm³/mol. The van der Waals surface area contributed by atoms with Crippen molar-refractivity contribution in [1.29, 1.82) is 0 Å². The Hall–Kier alpha value is -0.140. The predicted octanol–water partition coefficient (Wildman–Crippen LogP) is 3.04. The zero-order valence-corrected chi connectivity index (χ0v) is 12.6. The van der Waals surface area contributed by atoms with Crippen molar-refractivity contribution < 1.29 is 9.53 Å².